The van der Waals surface area contributed by atoms with Crippen LogP contribution in [0.3, 0.4) is 0 Å². The smallest absolute Gasteiger partial charge is 0.253 e. The van der Waals surface area contributed by atoms with Gasteiger partial charge in [-0.05, 0) is 13.0 Å². The lowest BCUT2D eigenvalue weighted by atomic mass is 10.2. The van der Waals surface area contributed by atoms with Crippen LogP contribution in [0.1, 0.15) is 17.3 Å². The second-order valence-corrected chi connectivity index (χ2v) is 3.61. The highest BCUT2D eigenvalue weighted by Crippen LogP contribution is 2.17. The van der Waals surface area contributed by atoms with Crippen LogP contribution in [0.15, 0.2) is 12.3 Å². The Morgan fingerprint density at radius 1 is 1.67 bits per heavy atom. The number of amides is 1. The van der Waals surface area contributed by atoms with Gasteiger partial charge in [-0.2, -0.15) is 5.26 Å². The standard InChI is InChI=1S/C9H7Cl2N3O/c1-5(3-12)14-9(15)6-2-8(11)13-4-7(6)10/h2,4-5H,1H3,(H,14,15). The topological polar surface area (TPSA) is 65.8 Å². The number of nitrogens with one attached hydrogen (secondary N) is 1. The number of aromatic nitrogens is 1. The van der Waals surface area contributed by atoms with E-state index in [1.54, 1.807) is 6.92 Å². The van der Waals surface area contributed by atoms with Gasteiger partial charge in [0.15, 0.2) is 0 Å². The van der Waals surface area contributed by atoms with Crippen LogP contribution in [0.2, 0.25) is 10.2 Å². The molecule has 78 valence electrons. The predicted octanol–water partition coefficient (Wildman–Crippen LogP) is 2.03. The molecule has 0 aliphatic carbocycles. The molecule has 0 saturated carbocycles. The minimum atomic E-state index is -0.583. The van der Waals surface area contributed by atoms with Crippen molar-refractivity contribution in [2.24, 2.45) is 0 Å². The van der Waals surface area contributed by atoms with Crippen molar-refractivity contribution in [2.45, 2.75) is 13.0 Å². The van der Waals surface area contributed by atoms with Gasteiger partial charge in [-0.25, -0.2) is 4.98 Å². The summed E-state index contributed by atoms with van der Waals surface area (Å²) in [6, 6.07) is 2.64. The van der Waals surface area contributed by atoms with Crippen LogP contribution < -0.4 is 5.32 Å². The molecule has 0 saturated heterocycles. The van der Waals surface area contributed by atoms with Gasteiger partial charge in [0.25, 0.3) is 5.91 Å². The molecule has 1 heterocycles. The first-order valence-electron chi connectivity index (χ1n) is 4.06. The van der Waals surface area contributed by atoms with Crippen LogP contribution in [0.4, 0.5) is 0 Å². The molecule has 0 fully saturated rings. The molecule has 1 atom stereocenters. The minimum absolute atomic E-state index is 0.175. The van der Waals surface area contributed by atoms with E-state index in [1.807, 2.05) is 6.07 Å². The third-order valence-electron chi connectivity index (χ3n) is 1.61. The van der Waals surface area contributed by atoms with Crippen molar-refractivity contribution >= 4 is 29.1 Å². The van der Waals surface area contributed by atoms with Crippen molar-refractivity contribution in [1.29, 1.82) is 5.26 Å². The Hall–Kier alpha value is -1.31. The Bertz CT molecular complexity index is 428. The third-order valence-corrected chi connectivity index (χ3v) is 2.12. The van der Waals surface area contributed by atoms with Crippen LogP contribution in [0, 0.1) is 11.3 Å². The maximum absolute atomic E-state index is 11.6. The van der Waals surface area contributed by atoms with E-state index in [0.717, 1.165) is 0 Å². The summed E-state index contributed by atoms with van der Waals surface area (Å²) in [5.74, 6) is -0.446. The number of nitrogens with zero attached hydrogens (tertiary/aromatic N) is 2. The number of pyridine rings is 1. The molecule has 0 radical (unpaired) electrons. The van der Waals surface area contributed by atoms with Crippen LogP contribution >= 0.6 is 23.2 Å². The molecule has 0 spiro atoms. The highest BCUT2D eigenvalue weighted by molar-refractivity contribution is 6.35. The van der Waals surface area contributed by atoms with Crippen LogP contribution in [0.5, 0.6) is 0 Å². The quantitative estimate of drug-likeness (QED) is 0.809. The average molecular weight is 244 g/mol. The number of hydrogen-bond donors (Lipinski definition) is 1. The summed E-state index contributed by atoms with van der Waals surface area (Å²) < 4.78 is 0. The van der Waals surface area contributed by atoms with Crippen molar-refractivity contribution in [2.75, 3.05) is 0 Å². The van der Waals surface area contributed by atoms with Gasteiger partial charge in [-0.3, -0.25) is 4.79 Å². The Labute approximate surface area is 96.8 Å². The lowest BCUT2D eigenvalue weighted by Gasteiger charge is -2.07. The summed E-state index contributed by atoms with van der Waals surface area (Å²) in [5, 5.41) is 11.3. The van der Waals surface area contributed by atoms with E-state index in [1.165, 1.54) is 12.3 Å². The fourth-order valence-electron chi connectivity index (χ4n) is 0.894. The summed E-state index contributed by atoms with van der Waals surface area (Å²) in [5.41, 5.74) is 0.207. The van der Waals surface area contributed by atoms with Gasteiger partial charge in [0.05, 0.1) is 16.7 Å². The Morgan fingerprint density at radius 3 is 2.93 bits per heavy atom. The van der Waals surface area contributed by atoms with E-state index in [4.69, 9.17) is 28.5 Å². The van der Waals surface area contributed by atoms with Crippen molar-refractivity contribution in [3.63, 3.8) is 0 Å². The van der Waals surface area contributed by atoms with E-state index in [2.05, 4.69) is 10.3 Å². The van der Waals surface area contributed by atoms with Gasteiger partial charge in [0, 0.05) is 6.20 Å². The molecule has 1 unspecified atom stereocenters. The SMILES string of the molecule is CC(C#N)NC(=O)c1cc(Cl)ncc1Cl. The lowest BCUT2D eigenvalue weighted by Crippen LogP contribution is -2.31. The first-order valence-corrected chi connectivity index (χ1v) is 4.81. The number of halogens is 2. The third kappa shape index (κ3) is 3.08. The molecule has 4 nitrogen and oxygen atoms in total. The van der Waals surface area contributed by atoms with Crippen LogP contribution in [-0.2, 0) is 0 Å². The molecule has 0 aromatic carbocycles. The molecule has 1 amide bonds. The van der Waals surface area contributed by atoms with Crippen LogP contribution in [0.25, 0.3) is 0 Å². The number of hydrogen-bond acceptors (Lipinski definition) is 3. The summed E-state index contributed by atoms with van der Waals surface area (Å²) in [4.78, 5) is 15.3. The maximum atomic E-state index is 11.6. The zero-order valence-corrected chi connectivity index (χ0v) is 9.30. The summed E-state index contributed by atoms with van der Waals surface area (Å²) in [6.07, 6.45) is 1.29. The van der Waals surface area contributed by atoms with E-state index in [0.29, 0.717) is 0 Å². The predicted molar refractivity (Wildman–Crippen MR) is 56.8 cm³/mol. The normalized spacial score (nSPS) is 11.6. The largest absolute Gasteiger partial charge is 0.336 e. The fourth-order valence-corrected chi connectivity index (χ4v) is 1.24. The minimum Gasteiger partial charge on any atom is -0.336 e. The zero-order valence-electron chi connectivity index (χ0n) is 7.79. The van der Waals surface area contributed by atoms with Gasteiger partial charge in [-0.1, -0.05) is 23.2 Å². The molecule has 6 heteroatoms. The van der Waals surface area contributed by atoms with Crippen molar-refractivity contribution in [3.8, 4) is 6.07 Å². The van der Waals surface area contributed by atoms with Gasteiger partial charge in [-0.15, -0.1) is 0 Å². The molecular formula is C9H7Cl2N3O. The number of nitriles is 1. The molecule has 0 aliphatic heterocycles. The number of carbonyl (C=O) groups excluding carboxylic acids is 1. The van der Waals surface area contributed by atoms with Gasteiger partial charge >= 0.3 is 0 Å². The monoisotopic (exact) mass is 243 g/mol. The Balaban J connectivity index is 2.92. The number of rotatable bonds is 2. The first-order chi connectivity index (χ1) is 7.04. The van der Waals surface area contributed by atoms with E-state index >= 15 is 0 Å². The van der Waals surface area contributed by atoms with Gasteiger partial charge in [0.1, 0.15) is 11.2 Å². The van der Waals surface area contributed by atoms with E-state index in [9.17, 15) is 4.79 Å². The van der Waals surface area contributed by atoms with Crippen LogP contribution in [-0.4, -0.2) is 16.9 Å². The lowest BCUT2D eigenvalue weighted by molar-refractivity contribution is 0.0948. The van der Waals surface area contributed by atoms with E-state index in [-0.39, 0.29) is 15.7 Å². The summed E-state index contributed by atoms with van der Waals surface area (Å²) >= 11 is 11.4. The molecule has 15 heavy (non-hydrogen) atoms. The highest BCUT2D eigenvalue weighted by Gasteiger charge is 2.13. The molecule has 1 rings (SSSR count). The highest BCUT2D eigenvalue weighted by atomic mass is 35.5. The van der Waals surface area contributed by atoms with Crippen molar-refractivity contribution in [3.05, 3.63) is 28.0 Å². The Kier molecular flexibility index (Phi) is 3.89. The van der Waals surface area contributed by atoms with Crippen molar-refractivity contribution in [1.82, 2.24) is 10.3 Å². The maximum Gasteiger partial charge on any atom is 0.253 e. The van der Waals surface area contributed by atoms with Crippen molar-refractivity contribution < 1.29 is 4.79 Å². The summed E-state index contributed by atoms with van der Waals surface area (Å²) in [7, 11) is 0. The molecule has 1 aromatic heterocycles. The molecule has 0 bridgehead atoms. The molecule has 1 N–H and O–H groups in total. The fraction of sp³-hybridized carbons (Fsp3) is 0.222. The number of carbonyl (C=O) groups is 1. The summed E-state index contributed by atoms with van der Waals surface area (Å²) in [6.45, 7) is 1.56. The first kappa shape index (κ1) is 11.8. The van der Waals surface area contributed by atoms with Gasteiger partial charge in [0.2, 0.25) is 0 Å². The van der Waals surface area contributed by atoms with E-state index < -0.39 is 11.9 Å². The second-order valence-electron chi connectivity index (χ2n) is 2.81. The second kappa shape index (κ2) is 4.96. The zero-order chi connectivity index (χ0) is 11.4. The molecule has 1 aromatic rings. The van der Waals surface area contributed by atoms with Gasteiger partial charge < -0.3 is 5.32 Å². The molecule has 0 aliphatic rings. The average Bonchev–Trinajstić information content (AvgIpc) is 2.21. The Morgan fingerprint density at radius 2 is 2.33 bits per heavy atom. The molecular weight excluding hydrogens is 237 g/mol.